The van der Waals surface area contributed by atoms with Gasteiger partial charge in [0.1, 0.15) is 22.7 Å². The highest BCUT2D eigenvalue weighted by Crippen LogP contribution is 2.42. The molecule has 1 aliphatic heterocycles. The van der Waals surface area contributed by atoms with Gasteiger partial charge in [0.05, 0.1) is 28.2 Å². The van der Waals surface area contributed by atoms with Crippen LogP contribution < -0.4 is 21.0 Å². The highest BCUT2D eigenvalue weighted by molar-refractivity contribution is 6.38. The quantitative estimate of drug-likeness (QED) is 0.244. The number of carboxylic acid groups (broad SMARTS) is 1. The van der Waals surface area contributed by atoms with Crippen LogP contribution in [0.2, 0.25) is 5.02 Å². The molecule has 2 aliphatic rings. The van der Waals surface area contributed by atoms with Crippen molar-refractivity contribution < 1.29 is 38.5 Å². The highest BCUT2D eigenvalue weighted by atomic mass is 35.5. The zero-order valence-corrected chi connectivity index (χ0v) is 24.4. The summed E-state index contributed by atoms with van der Waals surface area (Å²) in [6.45, 7) is 2.37. The Kier molecular flexibility index (Phi) is 8.77. The molecule has 14 heteroatoms. The summed E-state index contributed by atoms with van der Waals surface area (Å²) in [6, 6.07) is 4.60. The van der Waals surface area contributed by atoms with Gasteiger partial charge in [-0.15, -0.1) is 0 Å². The van der Waals surface area contributed by atoms with E-state index in [9.17, 15) is 34.2 Å². The predicted octanol–water partition coefficient (Wildman–Crippen LogP) is 3.82. The second-order valence-electron chi connectivity index (χ2n) is 10.7. The lowest BCUT2D eigenvalue weighted by Crippen LogP contribution is -2.37. The summed E-state index contributed by atoms with van der Waals surface area (Å²) in [4.78, 5) is 62.9. The number of aromatic hydroxyl groups is 1. The molecule has 2 aromatic carbocycles. The minimum Gasteiger partial charge on any atom is -0.507 e. The number of rotatable bonds is 10. The Hall–Kier alpha value is -4.65. The molecule has 44 heavy (non-hydrogen) atoms. The number of ether oxygens (including phenoxy) is 1. The van der Waals surface area contributed by atoms with Crippen LogP contribution in [0.5, 0.6) is 5.75 Å². The maximum Gasteiger partial charge on any atom is 0.341 e. The summed E-state index contributed by atoms with van der Waals surface area (Å²) in [6.07, 6.45) is 3.03. The molecular formula is C30H30ClFN4O8. The number of fused-ring (bicyclic) bond motifs is 1. The molecule has 2 amide bonds. The number of anilines is 2. The molecule has 1 aromatic heterocycles. The molecular weight excluding hydrogens is 599 g/mol. The second kappa shape index (κ2) is 12.5. The average Bonchev–Trinajstić information content (AvgIpc) is 3.71. The Bertz CT molecular complexity index is 1740. The maximum absolute atomic E-state index is 15.4. The molecule has 2 heterocycles. The average molecular weight is 629 g/mol. The van der Waals surface area contributed by atoms with E-state index in [4.69, 9.17) is 16.3 Å². The van der Waals surface area contributed by atoms with Gasteiger partial charge >= 0.3 is 11.9 Å². The van der Waals surface area contributed by atoms with Gasteiger partial charge in [0, 0.05) is 56.0 Å². The Morgan fingerprint density at radius 3 is 2.48 bits per heavy atom. The van der Waals surface area contributed by atoms with Crippen LogP contribution in [0.1, 0.15) is 65.8 Å². The fourth-order valence-electron chi connectivity index (χ4n) is 5.34. The zero-order valence-electron chi connectivity index (χ0n) is 23.7. The lowest BCUT2D eigenvalue weighted by Gasteiger charge is -2.23. The molecule has 1 unspecified atom stereocenters. The Labute approximate surface area is 255 Å². The molecule has 2 fully saturated rings. The number of hydrogen-bond acceptors (Lipinski definition) is 8. The van der Waals surface area contributed by atoms with Crippen molar-refractivity contribution in [2.45, 2.75) is 51.1 Å². The van der Waals surface area contributed by atoms with E-state index in [0.29, 0.717) is 13.0 Å². The number of carbonyl (C=O) groups excluding carboxylic acids is 3. The largest absolute Gasteiger partial charge is 0.507 e. The number of phenols is 1. The number of aromatic nitrogens is 1. The summed E-state index contributed by atoms with van der Waals surface area (Å²) < 4.78 is 21.9. The standard InChI is InChI=1S/C30H30ClFN4O8/c1-2-44-30(43)18-6-3-15(11-22(18)37)33-23(38)7-8-24(39)34-16-9-10-35(13-16)27-21(32)12-19-26(25(27)31)36(17-4-5-17)14-20(28(19)40)29(41)42/h3,6,11-12,14,16-17,37H,2,4-5,7-10,13H2,1H3,(H,33,38)(H,34,39)(H,41,42). The van der Waals surface area contributed by atoms with Gasteiger partial charge in [0.2, 0.25) is 17.2 Å². The van der Waals surface area contributed by atoms with Gasteiger partial charge in [0.15, 0.2) is 0 Å². The molecule has 0 radical (unpaired) electrons. The summed E-state index contributed by atoms with van der Waals surface area (Å²) in [5, 5.41) is 24.9. The van der Waals surface area contributed by atoms with Gasteiger partial charge in [-0.25, -0.2) is 14.0 Å². The third-order valence-electron chi connectivity index (χ3n) is 7.58. The molecule has 1 saturated heterocycles. The molecule has 3 aromatic rings. The fourth-order valence-corrected chi connectivity index (χ4v) is 5.75. The number of carbonyl (C=O) groups is 4. The topological polar surface area (TPSA) is 167 Å². The number of nitrogens with one attached hydrogen (secondary N) is 2. The van der Waals surface area contributed by atoms with E-state index in [1.165, 1.54) is 24.4 Å². The second-order valence-corrected chi connectivity index (χ2v) is 11.1. The van der Waals surface area contributed by atoms with Gasteiger partial charge < -0.3 is 35.1 Å². The van der Waals surface area contributed by atoms with Crippen molar-refractivity contribution in [2.24, 2.45) is 0 Å². The normalized spacial score (nSPS) is 16.2. The van der Waals surface area contributed by atoms with Crippen LogP contribution in [-0.4, -0.2) is 64.3 Å². The molecule has 5 rings (SSSR count). The van der Waals surface area contributed by atoms with Crippen molar-refractivity contribution in [2.75, 3.05) is 29.9 Å². The molecule has 1 saturated carbocycles. The van der Waals surface area contributed by atoms with E-state index >= 15 is 4.39 Å². The molecule has 0 spiro atoms. The number of amides is 2. The van der Waals surface area contributed by atoms with Crippen molar-refractivity contribution in [3.05, 3.63) is 62.7 Å². The Morgan fingerprint density at radius 1 is 1.09 bits per heavy atom. The lowest BCUT2D eigenvalue weighted by molar-refractivity contribution is -0.124. The van der Waals surface area contributed by atoms with Crippen molar-refractivity contribution in [3.63, 3.8) is 0 Å². The molecule has 1 aliphatic carbocycles. The lowest BCUT2D eigenvalue weighted by atomic mass is 10.1. The van der Waals surface area contributed by atoms with Gasteiger partial charge in [0.25, 0.3) is 0 Å². The number of carboxylic acids is 1. The van der Waals surface area contributed by atoms with Crippen LogP contribution in [-0.2, 0) is 14.3 Å². The van der Waals surface area contributed by atoms with Crippen LogP contribution in [0, 0.1) is 5.82 Å². The summed E-state index contributed by atoms with van der Waals surface area (Å²) in [7, 11) is 0. The van der Waals surface area contributed by atoms with Gasteiger partial charge in [-0.2, -0.15) is 0 Å². The van der Waals surface area contributed by atoms with Crippen molar-refractivity contribution in [1.82, 2.24) is 9.88 Å². The number of phenolic OH excluding ortho intramolecular Hbond substituents is 1. The van der Waals surface area contributed by atoms with Crippen molar-refractivity contribution in [1.29, 1.82) is 0 Å². The van der Waals surface area contributed by atoms with Crippen LogP contribution >= 0.6 is 11.6 Å². The number of nitrogens with zero attached hydrogens (tertiary/aromatic N) is 2. The number of halogens is 2. The number of hydrogen-bond donors (Lipinski definition) is 4. The number of benzene rings is 2. The van der Waals surface area contributed by atoms with E-state index in [-0.39, 0.29) is 82.6 Å². The molecule has 0 bridgehead atoms. The van der Waals surface area contributed by atoms with Crippen LogP contribution in [0.15, 0.2) is 35.3 Å². The monoisotopic (exact) mass is 628 g/mol. The summed E-state index contributed by atoms with van der Waals surface area (Å²) in [5.74, 6) is -4.08. The maximum atomic E-state index is 15.4. The number of pyridine rings is 1. The summed E-state index contributed by atoms with van der Waals surface area (Å²) >= 11 is 6.70. The molecule has 232 valence electrons. The van der Waals surface area contributed by atoms with Gasteiger partial charge in [-0.05, 0) is 44.4 Å². The number of esters is 1. The Balaban J connectivity index is 1.21. The van der Waals surface area contributed by atoms with E-state index in [1.807, 2.05) is 0 Å². The molecule has 12 nitrogen and oxygen atoms in total. The first-order chi connectivity index (χ1) is 21.0. The minimum absolute atomic E-state index is 0.00547. The fraction of sp³-hybridized carbons (Fsp3) is 0.367. The SMILES string of the molecule is CCOC(=O)c1ccc(NC(=O)CCC(=O)NC2CCN(c3c(F)cc4c(=O)c(C(=O)O)cn(C5CC5)c4c3Cl)C2)cc1O. The third kappa shape index (κ3) is 6.32. The van der Waals surface area contributed by atoms with Gasteiger partial charge in [-0.3, -0.25) is 14.4 Å². The van der Waals surface area contributed by atoms with Crippen molar-refractivity contribution in [3.8, 4) is 5.75 Å². The molecule has 4 N–H and O–H groups in total. The van der Waals surface area contributed by atoms with E-state index in [2.05, 4.69) is 10.6 Å². The first-order valence-electron chi connectivity index (χ1n) is 14.1. The first kappa shape index (κ1) is 30.8. The smallest absolute Gasteiger partial charge is 0.341 e. The van der Waals surface area contributed by atoms with Crippen LogP contribution in [0.25, 0.3) is 10.9 Å². The van der Waals surface area contributed by atoms with E-state index in [0.717, 1.165) is 18.9 Å². The van der Waals surface area contributed by atoms with Gasteiger partial charge in [-0.1, -0.05) is 11.6 Å². The first-order valence-corrected chi connectivity index (χ1v) is 14.5. The van der Waals surface area contributed by atoms with Crippen LogP contribution in [0.4, 0.5) is 15.8 Å². The third-order valence-corrected chi connectivity index (χ3v) is 7.94. The van der Waals surface area contributed by atoms with E-state index < -0.39 is 34.7 Å². The minimum atomic E-state index is -1.40. The Morgan fingerprint density at radius 2 is 1.82 bits per heavy atom. The van der Waals surface area contributed by atoms with Crippen LogP contribution in [0.3, 0.4) is 0 Å². The van der Waals surface area contributed by atoms with E-state index in [1.54, 1.807) is 16.4 Å². The predicted molar refractivity (Wildman–Crippen MR) is 159 cm³/mol. The van der Waals surface area contributed by atoms with Crippen molar-refractivity contribution >= 4 is 57.6 Å². The zero-order chi connectivity index (χ0) is 31.7. The summed E-state index contributed by atoms with van der Waals surface area (Å²) in [5.41, 5.74) is -0.697. The number of aromatic carboxylic acids is 1. The molecule has 1 atom stereocenters. The highest BCUT2D eigenvalue weighted by Gasteiger charge is 2.32.